The summed E-state index contributed by atoms with van der Waals surface area (Å²) in [5.41, 5.74) is 4.90. The first-order chi connectivity index (χ1) is 14.7. The van der Waals surface area contributed by atoms with Gasteiger partial charge < -0.3 is 4.98 Å². The van der Waals surface area contributed by atoms with E-state index in [1.165, 1.54) is 12.8 Å². The van der Waals surface area contributed by atoms with Gasteiger partial charge in [-0.3, -0.25) is 9.59 Å². The molecular weight excluding hydrogens is 444 g/mol. The summed E-state index contributed by atoms with van der Waals surface area (Å²) in [5.74, 6) is 0.0303. The van der Waals surface area contributed by atoms with Gasteiger partial charge in [-0.2, -0.15) is 0 Å². The second kappa shape index (κ2) is 12.7. The number of nitrogens with one attached hydrogen (secondary N) is 1. The fraction of sp³-hybridized carbons (Fsp3) is 0.200. The maximum absolute atomic E-state index is 12.8. The molecule has 5 rings (SSSR count). The molecule has 31 heavy (non-hydrogen) atoms. The van der Waals surface area contributed by atoms with Crippen molar-refractivity contribution in [3.05, 3.63) is 93.1 Å². The van der Waals surface area contributed by atoms with Gasteiger partial charge in [0.1, 0.15) is 0 Å². The fourth-order valence-corrected chi connectivity index (χ4v) is 3.62. The zero-order valence-electron chi connectivity index (χ0n) is 18.1. The number of hydrogen-bond acceptors (Lipinski definition) is 2. The Morgan fingerprint density at radius 2 is 1.32 bits per heavy atom. The van der Waals surface area contributed by atoms with E-state index in [1.807, 2.05) is 74.5 Å². The van der Waals surface area contributed by atoms with Crippen LogP contribution in [0.4, 0.5) is 0 Å². The van der Waals surface area contributed by atoms with E-state index in [-0.39, 0.29) is 28.6 Å². The molecule has 3 aromatic carbocycles. The number of pyridine rings is 1. The molecule has 0 atom stereocenters. The van der Waals surface area contributed by atoms with Crippen LogP contribution in [0, 0.1) is 0 Å². The maximum atomic E-state index is 12.8. The van der Waals surface area contributed by atoms with Crippen LogP contribution in [0.25, 0.3) is 21.8 Å². The van der Waals surface area contributed by atoms with Gasteiger partial charge in [-0.1, -0.05) is 50.2 Å². The average Bonchev–Trinajstić information content (AvgIpc) is 2.83. The third-order valence-electron chi connectivity index (χ3n) is 4.82. The molecule has 0 fully saturated rings. The zero-order valence-corrected chi connectivity index (χ0v) is 20.8. The largest absolute Gasteiger partial charge is 3.00 e. The number of fused-ring (bicyclic) bond motifs is 4. The van der Waals surface area contributed by atoms with Crippen LogP contribution in [0.3, 0.4) is 0 Å². The van der Waals surface area contributed by atoms with Gasteiger partial charge in [0, 0.05) is 40.2 Å². The number of hydrogen-bond donors (Lipinski definition) is 1. The zero-order chi connectivity index (χ0) is 22.3. The number of H-pyrrole nitrogens is 1. The molecule has 0 aliphatic heterocycles. The van der Waals surface area contributed by atoms with Crippen molar-refractivity contribution in [1.29, 1.82) is 0 Å². The standard InChI is InChI=1S/C21H13NO2.C2H6.2CH3Cl.Al/c23-20-14-6-2-1-5-12(14)9-13-10-17-19(11-16(13)20)22-18-8-4-3-7-15(18)21(17)24;3*1-2;/h1-8,10-11H,9H2,(H,22,24);1-2H3;2*1H3;/q;;;;+3. The van der Waals surface area contributed by atoms with Crippen LogP contribution >= 0.6 is 23.2 Å². The molecule has 4 aromatic rings. The van der Waals surface area contributed by atoms with Gasteiger partial charge in [-0.15, -0.1) is 23.2 Å². The fourth-order valence-electron chi connectivity index (χ4n) is 3.62. The Kier molecular flexibility index (Phi) is 11.0. The van der Waals surface area contributed by atoms with Crippen molar-refractivity contribution in [2.75, 3.05) is 12.8 Å². The summed E-state index contributed by atoms with van der Waals surface area (Å²) in [6.07, 6.45) is 3.62. The molecular formula is C25H25AlCl2NO2+3. The van der Waals surface area contributed by atoms with E-state index < -0.39 is 0 Å². The number of benzene rings is 3. The Balaban J connectivity index is 0.000000636. The normalized spacial score (nSPS) is 10.7. The van der Waals surface area contributed by atoms with E-state index in [2.05, 4.69) is 28.2 Å². The third-order valence-corrected chi connectivity index (χ3v) is 4.82. The molecule has 0 saturated heterocycles. The quantitative estimate of drug-likeness (QED) is 0.168. The third kappa shape index (κ3) is 5.22. The molecule has 1 N–H and O–H groups in total. The van der Waals surface area contributed by atoms with Crippen molar-refractivity contribution in [3.63, 3.8) is 0 Å². The Morgan fingerprint density at radius 1 is 0.710 bits per heavy atom. The summed E-state index contributed by atoms with van der Waals surface area (Å²) in [5, 5.41) is 1.31. The minimum absolute atomic E-state index is 0. The van der Waals surface area contributed by atoms with E-state index in [0.29, 0.717) is 28.3 Å². The van der Waals surface area contributed by atoms with Crippen LogP contribution in [-0.2, 0) is 6.42 Å². The molecule has 0 amide bonds. The number of para-hydroxylation sites is 1. The van der Waals surface area contributed by atoms with Crippen molar-refractivity contribution < 1.29 is 4.79 Å². The minimum Gasteiger partial charge on any atom is -0.354 e. The minimum atomic E-state index is 0. The van der Waals surface area contributed by atoms with E-state index in [4.69, 9.17) is 0 Å². The van der Waals surface area contributed by atoms with Gasteiger partial charge in [0.15, 0.2) is 11.2 Å². The molecule has 156 valence electrons. The van der Waals surface area contributed by atoms with Gasteiger partial charge in [-0.25, -0.2) is 0 Å². The van der Waals surface area contributed by atoms with Gasteiger partial charge >= 0.3 is 17.4 Å². The van der Waals surface area contributed by atoms with E-state index in [1.54, 1.807) is 0 Å². The summed E-state index contributed by atoms with van der Waals surface area (Å²) in [6, 6.07) is 18.8. The van der Waals surface area contributed by atoms with Crippen molar-refractivity contribution >= 4 is 68.2 Å². The Hall–Kier alpha value is -2.09. The number of alkyl halides is 2. The van der Waals surface area contributed by atoms with Crippen LogP contribution < -0.4 is 5.43 Å². The Morgan fingerprint density at radius 3 is 2.03 bits per heavy atom. The number of aromatic amines is 1. The molecule has 1 aliphatic rings. The second-order valence-corrected chi connectivity index (χ2v) is 6.22. The summed E-state index contributed by atoms with van der Waals surface area (Å²) in [6.45, 7) is 4.00. The Labute approximate surface area is 203 Å². The number of rotatable bonds is 0. The predicted octanol–water partition coefficient (Wildman–Crippen LogP) is 6.17. The Bertz CT molecular complexity index is 1240. The van der Waals surface area contributed by atoms with Crippen LogP contribution in [-0.4, -0.2) is 40.9 Å². The molecule has 1 aliphatic carbocycles. The topological polar surface area (TPSA) is 49.9 Å². The molecule has 3 nitrogen and oxygen atoms in total. The second-order valence-electron chi connectivity index (χ2n) is 6.22. The molecule has 0 unspecified atom stereocenters. The molecule has 1 aromatic heterocycles. The summed E-state index contributed by atoms with van der Waals surface area (Å²) >= 11 is 9.28. The maximum Gasteiger partial charge on any atom is 3.00 e. The van der Waals surface area contributed by atoms with E-state index >= 15 is 0 Å². The van der Waals surface area contributed by atoms with Crippen molar-refractivity contribution in [1.82, 2.24) is 4.98 Å². The van der Waals surface area contributed by atoms with Gasteiger partial charge in [0.25, 0.3) is 0 Å². The van der Waals surface area contributed by atoms with Crippen LogP contribution in [0.15, 0.2) is 65.5 Å². The number of carbonyl (C=O) groups excluding carboxylic acids is 1. The number of aromatic nitrogens is 1. The summed E-state index contributed by atoms with van der Waals surface area (Å²) in [7, 11) is 0. The van der Waals surface area contributed by atoms with Crippen molar-refractivity contribution in [2.45, 2.75) is 20.3 Å². The molecule has 0 saturated carbocycles. The van der Waals surface area contributed by atoms with Crippen LogP contribution in [0.2, 0.25) is 0 Å². The van der Waals surface area contributed by atoms with Crippen LogP contribution in [0.5, 0.6) is 0 Å². The number of halogens is 2. The molecule has 1 heterocycles. The smallest absolute Gasteiger partial charge is 0.354 e. The van der Waals surface area contributed by atoms with Crippen molar-refractivity contribution in [3.8, 4) is 0 Å². The molecule has 0 spiro atoms. The first kappa shape index (κ1) is 26.9. The van der Waals surface area contributed by atoms with Gasteiger partial charge in [0.05, 0.1) is 5.52 Å². The number of ketones is 1. The van der Waals surface area contributed by atoms with Crippen LogP contribution in [0.1, 0.15) is 40.9 Å². The van der Waals surface area contributed by atoms with Gasteiger partial charge in [-0.05, 0) is 41.8 Å². The summed E-state index contributed by atoms with van der Waals surface area (Å²) in [4.78, 5) is 28.9. The summed E-state index contributed by atoms with van der Waals surface area (Å²) < 4.78 is 0. The average molecular weight is 469 g/mol. The first-order valence-corrected chi connectivity index (χ1v) is 11.2. The van der Waals surface area contributed by atoms with E-state index in [9.17, 15) is 9.59 Å². The van der Waals surface area contributed by atoms with Gasteiger partial charge in [0.2, 0.25) is 0 Å². The molecule has 0 radical (unpaired) electrons. The van der Waals surface area contributed by atoms with Crippen molar-refractivity contribution in [2.24, 2.45) is 0 Å². The predicted molar refractivity (Wildman–Crippen MR) is 135 cm³/mol. The molecule has 6 heteroatoms. The van der Waals surface area contributed by atoms with E-state index in [0.717, 1.165) is 22.2 Å². The first-order valence-electron chi connectivity index (χ1n) is 9.68. The SMILES string of the molecule is CC.CCl.CCl.O=C1c2ccccc2Cc2cc3c(=O)c4ccccc4[nH]c3cc21.[Al+3]. The number of carbonyl (C=O) groups is 1. The monoisotopic (exact) mass is 468 g/mol. The molecule has 0 bridgehead atoms.